The molecule has 0 saturated carbocycles. The van der Waals surface area contributed by atoms with Gasteiger partial charge in [0.1, 0.15) is 0 Å². The van der Waals surface area contributed by atoms with Crippen molar-refractivity contribution >= 4 is 21.6 Å². The minimum absolute atomic E-state index is 0.0203. The highest BCUT2D eigenvalue weighted by Gasteiger charge is 2.19. The van der Waals surface area contributed by atoms with E-state index in [1.807, 2.05) is 31.2 Å². The maximum atomic E-state index is 12.8. The van der Waals surface area contributed by atoms with Crippen LogP contribution in [0.15, 0.2) is 65.6 Å². The lowest BCUT2D eigenvalue weighted by Crippen LogP contribution is -2.24. The molecule has 1 aliphatic rings. The predicted octanol–water partition coefficient (Wildman–Crippen LogP) is 3.76. The molecule has 0 atom stereocenters. The number of anilines is 1. The molecule has 0 bridgehead atoms. The van der Waals surface area contributed by atoms with Crippen molar-refractivity contribution in [1.82, 2.24) is 5.32 Å². The van der Waals surface area contributed by atoms with Crippen LogP contribution in [0.1, 0.15) is 27.0 Å². The van der Waals surface area contributed by atoms with Gasteiger partial charge in [0.25, 0.3) is 15.9 Å². The van der Waals surface area contributed by atoms with Crippen LogP contribution in [-0.4, -0.2) is 21.1 Å². The summed E-state index contributed by atoms with van der Waals surface area (Å²) < 4.78 is 38.8. The van der Waals surface area contributed by atoms with Gasteiger partial charge in [-0.25, -0.2) is 8.42 Å². The maximum absolute atomic E-state index is 12.8. The molecule has 4 rings (SSSR count). The van der Waals surface area contributed by atoms with Crippen molar-refractivity contribution in [2.24, 2.45) is 0 Å². The Labute approximate surface area is 181 Å². The average molecular weight is 439 g/mol. The molecule has 2 N–H and O–H groups in total. The molecule has 1 amide bonds. The Bertz CT molecular complexity index is 1240. The summed E-state index contributed by atoms with van der Waals surface area (Å²) in [4.78, 5) is 12.8. The van der Waals surface area contributed by atoms with Crippen molar-refractivity contribution in [2.45, 2.75) is 25.3 Å². The molecule has 1 heterocycles. The molecule has 0 radical (unpaired) electrons. The zero-order chi connectivity index (χ0) is 22.0. The second kappa shape index (κ2) is 8.31. The molecular weight excluding hydrogens is 416 g/mol. The number of nitrogens with one attached hydrogen (secondary N) is 2. The predicted molar refractivity (Wildman–Crippen MR) is 117 cm³/mol. The van der Waals surface area contributed by atoms with E-state index in [0.717, 1.165) is 11.1 Å². The van der Waals surface area contributed by atoms with Crippen LogP contribution in [-0.2, 0) is 16.6 Å². The molecule has 3 aromatic carbocycles. The Morgan fingerprint density at radius 1 is 0.935 bits per heavy atom. The van der Waals surface area contributed by atoms with Crippen molar-refractivity contribution < 1.29 is 22.7 Å². The molecule has 3 aromatic rings. The number of benzene rings is 3. The van der Waals surface area contributed by atoms with Gasteiger partial charge in [0.15, 0.2) is 11.5 Å². The molecule has 0 fully saturated rings. The first-order valence-electron chi connectivity index (χ1n) is 9.69. The monoisotopic (exact) mass is 438 g/mol. The number of carbonyl (C=O) groups excluding carboxylic acids is 1. The second-order valence-electron chi connectivity index (χ2n) is 7.32. The normalized spacial score (nSPS) is 12.5. The minimum atomic E-state index is -3.83. The number of rotatable bonds is 6. The Morgan fingerprint density at radius 3 is 2.45 bits per heavy atom. The first-order valence-corrected chi connectivity index (χ1v) is 11.2. The van der Waals surface area contributed by atoms with Crippen molar-refractivity contribution in [1.29, 1.82) is 0 Å². The summed E-state index contributed by atoms with van der Waals surface area (Å²) in [7, 11) is -3.83. The number of carbonyl (C=O) groups is 1. The van der Waals surface area contributed by atoms with E-state index in [0.29, 0.717) is 28.3 Å². The van der Waals surface area contributed by atoms with E-state index in [-0.39, 0.29) is 24.1 Å². The fourth-order valence-corrected chi connectivity index (χ4v) is 4.26. The van der Waals surface area contributed by atoms with Crippen molar-refractivity contribution in [3.05, 3.63) is 82.9 Å². The van der Waals surface area contributed by atoms with Crippen LogP contribution >= 0.6 is 0 Å². The molecular formula is C23H22N2O5S. The van der Waals surface area contributed by atoms with Crippen LogP contribution in [0.5, 0.6) is 11.5 Å². The van der Waals surface area contributed by atoms with Gasteiger partial charge in [-0.2, -0.15) is 0 Å². The molecule has 8 heteroatoms. The fraction of sp³-hybridized carbons (Fsp3) is 0.174. The number of fused-ring (bicyclic) bond motifs is 1. The Hall–Kier alpha value is -3.52. The maximum Gasteiger partial charge on any atom is 0.261 e. The van der Waals surface area contributed by atoms with Gasteiger partial charge in [-0.15, -0.1) is 0 Å². The highest BCUT2D eigenvalue weighted by Crippen LogP contribution is 2.32. The number of amides is 1. The number of sulfonamides is 1. The standard InChI is InChI=1S/C23H22N2O5S/c1-15-3-7-18(8-4-15)25-31(27,28)19-9-5-16(2)20(12-19)23(26)24-13-17-6-10-21-22(11-17)30-14-29-21/h3-12,25H,13-14H2,1-2H3,(H,24,26). The molecule has 0 unspecified atom stereocenters. The fourth-order valence-electron chi connectivity index (χ4n) is 3.18. The summed E-state index contributed by atoms with van der Waals surface area (Å²) >= 11 is 0. The van der Waals surface area contributed by atoms with E-state index in [1.165, 1.54) is 12.1 Å². The van der Waals surface area contributed by atoms with Crippen LogP contribution in [0.4, 0.5) is 5.69 Å². The second-order valence-corrected chi connectivity index (χ2v) is 9.00. The van der Waals surface area contributed by atoms with E-state index in [2.05, 4.69) is 10.0 Å². The molecule has 7 nitrogen and oxygen atoms in total. The van der Waals surface area contributed by atoms with Crippen molar-refractivity contribution in [3.8, 4) is 11.5 Å². The lowest BCUT2D eigenvalue weighted by molar-refractivity contribution is 0.0950. The lowest BCUT2D eigenvalue weighted by atomic mass is 10.1. The molecule has 0 aromatic heterocycles. The van der Waals surface area contributed by atoms with Gasteiger partial charge < -0.3 is 14.8 Å². The number of hydrogen-bond donors (Lipinski definition) is 2. The van der Waals surface area contributed by atoms with Gasteiger partial charge in [-0.05, 0) is 61.4 Å². The number of hydrogen-bond acceptors (Lipinski definition) is 5. The van der Waals surface area contributed by atoms with E-state index in [4.69, 9.17) is 9.47 Å². The summed E-state index contributed by atoms with van der Waals surface area (Å²) in [5.41, 5.74) is 3.31. The molecule has 160 valence electrons. The zero-order valence-corrected chi connectivity index (χ0v) is 18.0. The third-order valence-corrected chi connectivity index (χ3v) is 6.34. The average Bonchev–Trinajstić information content (AvgIpc) is 3.21. The molecule has 0 spiro atoms. The van der Waals surface area contributed by atoms with Gasteiger partial charge in [0.2, 0.25) is 6.79 Å². The van der Waals surface area contributed by atoms with Crippen LogP contribution < -0.4 is 19.5 Å². The summed E-state index contributed by atoms with van der Waals surface area (Å²) in [5.74, 6) is 0.950. The van der Waals surface area contributed by atoms with Gasteiger partial charge in [0, 0.05) is 17.8 Å². The quantitative estimate of drug-likeness (QED) is 0.611. The van der Waals surface area contributed by atoms with Crippen molar-refractivity contribution in [2.75, 3.05) is 11.5 Å². The van der Waals surface area contributed by atoms with Crippen molar-refractivity contribution in [3.63, 3.8) is 0 Å². The molecule has 0 saturated heterocycles. The minimum Gasteiger partial charge on any atom is -0.454 e. The first-order chi connectivity index (χ1) is 14.8. The third kappa shape index (κ3) is 4.64. The lowest BCUT2D eigenvalue weighted by Gasteiger charge is -2.12. The molecule has 1 aliphatic heterocycles. The Morgan fingerprint density at radius 2 is 1.68 bits per heavy atom. The van der Waals surface area contributed by atoms with Gasteiger partial charge >= 0.3 is 0 Å². The Balaban J connectivity index is 1.50. The molecule has 0 aliphatic carbocycles. The summed E-state index contributed by atoms with van der Waals surface area (Å²) in [6.45, 7) is 4.14. The van der Waals surface area contributed by atoms with Crippen LogP contribution in [0, 0.1) is 13.8 Å². The van der Waals surface area contributed by atoms with Gasteiger partial charge in [-0.1, -0.05) is 29.8 Å². The molecule has 31 heavy (non-hydrogen) atoms. The van der Waals surface area contributed by atoms with Crippen LogP contribution in [0.2, 0.25) is 0 Å². The smallest absolute Gasteiger partial charge is 0.261 e. The summed E-state index contributed by atoms with van der Waals surface area (Å²) in [6, 6.07) is 17.0. The van der Waals surface area contributed by atoms with Gasteiger partial charge in [-0.3, -0.25) is 9.52 Å². The SMILES string of the molecule is Cc1ccc(NS(=O)(=O)c2ccc(C)c(C(=O)NCc3ccc4c(c3)OCO4)c2)cc1. The number of ether oxygens (including phenoxy) is 2. The number of aryl methyl sites for hydroxylation is 2. The van der Waals surface area contributed by atoms with E-state index in [9.17, 15) is 13.2 Å². The van der Waals surface area contributed by atoms with Crippen LogP contribution in [0.3, 0.4) is 0 Å². The zero-order valence-electron chi connectivity index (χ0n) is 17.1. The highest BCUT2D eigenvalue weighted by molar-refractivity contribution is 7.92. The Kier molecular flexibility index (Phi) is 5.56. The van der Waals surface area contributed by atoms with Gasteiger partial charge in [0.05, 0.1) is 4.90 Å². The van der Waals surface area contributed by atoms with Crippen LogP contribution in [0.25, 0.3) is 0 Å². The van der Waals surface area contributed by atoms with E-state index in [1.54, 1.807) is 31.2 Å². The van der Waals surface area contributed by atoms with E-state index < -0.39 is 10.0 Å². The summed E-state index contributed by atoms with van der Waals surface area (Å²) in [5, 5.41) is 2.83. The summed E-state index contributed by atoms with van der Waals surface area (Å²) in [6.07, 6.45) is 0. The largest absolute Gasteiger partial charge is 0.454 e. The highest BCUT2D eigenvalue weighted by atomic mass is 32.2. The first kappa shape index (κ1) is 20.7. The topological polar surface area (TPSA) is 93.7 Å². The third-order valence-electron chi connectivity index (χ3n) is 4.96. The van der Waals surface area contributed by atoms with E-state index >= 15 is 0 Å².